The molecule has 0 unspecified atom stereocenters. The number of aryl methyl sites for hydroxylation is 1. The van der Waals surface area contributed by atoms with Crippen molar-refractivity contribution < 1.29 is 19.2 Å². The summed E-state index contributed by atoms with van der Waals surface area (Å²) in [5.74, 6) is -0.835. The first kappa shape index (κ1) is 18.9. The molecule has 2 heterocycles. The van der Waals surface area contributed by atoms with E-state index < -0.39 is 10.9 Å². The molecule has 138 valence electrons. The van der Waals surface area contributed by atoms with Crippen LogP contribution in [-0.2, 0) is 20.9 Å². The molecule has 0 N–H and O–H groups in total. The lowest BCUT2D eigenvalue weighted by Gasteiger charge is -2.35. The average Bonchev–Trinajstić information content (AvgIpc) is 2.86. The Morgan fingerprint density at radius 1 is 1.36 bits per heavy atom. The van der Waals surface area contributed by atoms with E-state index in [2.05, 4.69) is 5.10 Å². The number of hydrogen-bond acceptors (Lipinski definition) is 6. The number of ether oxygens (including phenoxy) is 1. The third kappa shape index (κ3) is 4.34. The number of piperidine rings is 1. The summed E-state index contributed by atoms with van der Waals surface area (Å²) in [6, 6.07) is 0.207. The maximum Gasteiger partial charge on any atom is 0.328 e. The smallest absolute Gasteiger partial charge is 0.328 e. The highest BCUT2D eigenvalue weighted by atomic mass is 16.6. The predicted octanol–water partition coefficient (Wildman–Crippen LogP) is 1.74. The van der Waals surface area contributed by atoms with Gasteiger partial charge in [0.15, 0.2) is 6.61 Å². The molecule has 0 radical (unpaired) electrons. The van der Waals surface area contributed by atoms with Gasteiger partial charge in [-0.3, -0.25) is 24.4 Å². The second kappa shape index (κ2) is 8.09. The van der Waals surface area contributed by atoms with E-state index in [1.54, 1.807) is 4.90 Å². The third-order valence-corrected chi connectivity index (χ3v) is 4.58. The van der Waals surface area contributed by atoms with Crippen molar-refractivity contribution in [1.29, 1.82) is 0 Å². The average molecular weight is 352 g/mol. The van der Waals surface area contributed by atoms with E-state index in [9.17, 15) is 19.7 Å². The zero-order chi connectivity index (χ0) is 18.6. The lowest BCUT2D eigenvalue weighted by Crippen LogP contribution is -2.45. The summed E-state index contributed by atoms with van der Waals surface area (Å²) in [5.41, 5.74) is 0.418. The third-order valence-electron chi connectivity index (χ3n) is 4.58. The summed E-state index contributed by atoms with van der Waals surface area (Å²) >= 11 is 0. The van der Waals surface area contributed by atoms with Gasteiger partial charge in [0, 0.05) is 12.6 Å². The second-order valence-corrected chi connectivity index (χ2v) is 6.24. The molecule has 1 aromatic rings. The minimum Gasteiger partial charge on any atom is -0.454 e. The molecule has 1 saturated heterocycles. The van der Waals surface area contributed by atoms with Gasteiger partial charge in [-0.1, -0.05) is 6.92 Å². The number of nitrogens with zero attached hydrogens (tertiary/aromatic N) is 4. The second-order valence-electron chi connectivity index (χ2n) is 6.24. The van der Waals surface area contributed by atoms with Crippen molar-refractivity contribution in [3.05, 3.63) is 21.5 Å². The Hall–Kier alpha value is -2.45. The van der Waals surface area contributed by atoms with Crippen LogP contribution in [0.1, 0.15) is 44.0 Å². The van der Waals surface area contributed by atoms with E-state index in [0.29, 0.717) is 6.54 Å². The fourth-order valence-electron chi connectivity index (χ4n) is 3.25. The van der Waals surface area contributed by atoms with Crippen LogP contribution in [0.15, 0.2) is 0 Å². The number of carbonyl (C=O) groups is 2. The van der Waals surface area contributed by atoms with E-state index in [0.717, 1.165) is 25.7 Å². The lowest BCUT2D eigenvalue weighted by atomic mass is 10.00. The first-order valence-corrected chi connectivity index (χ1v) is 8.48. The number of nitro groups is 1. The number of carbonyl (C=O) groups excluding carboxylic acids is 2. The molecule has 1 aromatic heterocycles. The molecule has 9 heteroatoms. The number of esters is 1. The minimum atomic E-state index is -0.640. The van der Waals surface area contributed by atoms with Gasteiger partial charge in [0.2, 0.25) is 0 Å². The van der Waals surface area contributed by atoms with Gasteiger partial charge in [-0.15, -0.1) is 0 Å². The first-order chi connectivity index (χ1) is 11.8. The highest BCUT2D eigenvalue weighted by Gasteiger charge is 2.27. The van der Waals surface area contributed by atoms with E-state index in [-0.39, 0.29) is 42.2 Å². The standard InChI is InChI=1S/C16H24N4O5/c1-4-13-7-5-6-8-18(13)14(21)10-25-15(22)9-19-12(3)16(20(23)24)11(2)17-19/h13H,4-10H2,1-3H3/t13-/m0/s1. The molecule has 1 atom stereocenters. The monoisotopic (exact) mass is 352 g/mol. The molecule has 0 aliphatic carbocycles. The summed E-state index contributed by atoms with van der Waals surface area (Å²) in [5, 5.41) is 15.0. The number of amides is 1. The van der Waals surface area contributed by atoms with Gasteiger partial charge in [0.25, 0.3) is 5.91 Å². The topological polar surface area (TPSA) is 108 Å². The minimum absolute atomic E-state index is 0.108. The van der Waals surface area contributed by atoms with E-state index >= 15 is 0 Å². The number of likely N-dealkylation sites (tertiary alicyclic amines) is 1. The van der Waals surface area contributed by atoms with Crippen LogP contribution < -0.4 is 0 Å². The highest BCUT2D eigenvalue weighted by Crippen LogP contribution is 2.22. The Morgan fingerprint density at radius 2 is 2.08 bits per heavy atom. The Balaban J connectivity index is 1.91. The van der Waals surface area contributed by atoms with E-state index in [1.165, 1.54) is 18.5 Å². The summed E-state index contributed by atoms with van der Waals surface area (Å²) in [6.07, 6.45) is 3.94. The zero-order valence-corrected chi connectivity index (χ0v) is 14.9. The number of rotatable bonds is 6. The molecule has 9 nitrogen and oxygen atoms in total. The lowest BCUT2D eigenvalue weighted by molar-refractivity contribution is -0.386. The number of hydrogen-bond donors (Lipinski definition) is 0. The van der Waals surface area contributed by atoms with Crippen LogP contribution in [0.4, 0.5) is 5.69 Å². The van der Waals surface area contributed by atoms with Gasteiger partial charge in [0.05, 0.1) is 4.92 Å². The normalized spacial score (nSPS) is 17.4. The van der Waals surface area contributed by atoms with Crippen LogP contribution >= 0.6 is 0 Å². The largest absolute Gasteiger partial charge is 0.454 e. The van der Waals surface area contributed by atoms with E-state index in [4.69, 9.17) is 4.74 Å². The summed E-state index contributed by atoms with van der Waals surface area (Å²) in [6.45, 7) is 5.20. The van der Waals surface area contributed by atoms with Crippen LogP contribution in [0.5, 0.6) is 0 Å². The Bertz CT molecular complexity index is 670. The Labute approximate surface area is 146 Å². The summed E-state index contributed by atoms with van der Waals surface area (Å²) in [4.78, 5) is 36.5. The number of aromatic nitrogens is 2. The zero-order valence-electron chi connectivity index (χ0n) is 14.9. The SMILES string of the molecule is CC[C@H]1CCCCN1C(=O)COC(=O)Cn1nc(C)c([N+](=O)[O-])c1C. The molecule has 0 aromatic carbocycles. The van der Waals surface area contributed by atoms with Gasteiger partial charge in [-0.2, -0.15) is 5.10 Å². The fourth-order valence-corrected chi connectivity index (χ4v) is 3.25. The van der Waals surface area contributed by atoms with Gasteiger partial charge in [-0.05, 0) is 39.5 Å². The molecule has 25 heavy (non-hydrogen) atoms. The van der Waals surface area contributed by atoms with Crippen molar-refractivity contribution >= 4 is 17.6 Å². The van der Waals surface area contributed by atoms with Gasteiger partial charge in [-0.25, -0.2) is 0 Å². The molecular formula is C16H24N4O5. The van der Waals surface area contributed by atoms with Crippen LogP contribution in [0, 0.1) is 24.0 Å². The van der Waals surface area contributed by atoms with E-state index in [1.807, 2.05) is 6.92 Å². The maximum absolute atomic E-state index is 12.3. The molecule has 1 fully saturated rings. The van der Waals surface area contributed by atoms with Crippen LogP contribution in [0.25, 0.3) is 0 Å². The molecule has 2 rings (SSSR count). The molecule has 1 aliphatic rings. The van der Waals surface area contributed by atoms with Gasteiger partial charge >= 0.3 is 11.7 Å². The first-order valence-electron chi connectivity index (χ1n) is 8.48. The van der Waals surface area contributed by atoms with Crippen molar-refractivity contribution in [2.24, 2.45) is 0 Å². The van der Waals surface area contributed by atoms with Crippen LogP contribution in [-0.4, -0.2) is 50.7 Å². The van der Waals surface area contributed by atoms with Gasteiger partial charge < -0.3 is 9.64 Å². The quantitative estimate of drug-likeness (QED) is 0.438. The van der Waals surface area contributed by atoms with Crippen molar-refractivity contribution in [1.82, 2.24) is 14.7 Å². The van der Waals surface area contributed by atoms with Crippen molar-refractivity contribution in [2.75, 3.05) is 13.2 Å². The summed E-state index contributed by atoms with van der Waals surface area (Å²) in [7, 11) is 0. The predicted molar refractivity (Wildman–Crippen MR) is 89.0 cm³/mol. The van der Waals surface area contributed by atoms with Gasteiger partial charge in [0.1, 0.15) is 17.9 Å². The van der Waals surface area contributed by atoms with Crippen LogP contribution in [0.2, 0.25) is 0 Å². The molecular weight excluding hydrogens is 328 g/mol. The molecule has 0 saturated carbocycles. The van der Waals surface area contributed by atoms with Crippen LogP contribution in [0.3, 0.4) is 0 Å². The molecule has 1 amide bonds. The summed E-state index contributed by atoms with van der Waals surface area (Å²) < 4.78 is 6.29. The van der Waals surface area contributed by atoms with Crippen molar-refractivity contribution in [3.8, 4) is 0 Å². The van der Waals surface area contributed by atoms with Crippen molar-refractivity contribution in [2.45, 2.75) is 59.0 Å². The molecule has 0 spiro atoms. The van der Waals surface area contributed by atoms with Crippen molar-refractivity contribution in [3.63, 3.8) is 0 Å². The fraction of sp³-hybridized carbons (Fsp3) is 0.688. The highest BCUT2D eigenvalue weighted by molar-refractivity contribution is 5.81. The molecule has 1 aliphatic heterocycles. The Morgan fingerprint density at radius 3 is 2.68 bits per heavy atom. The maximum atomic E-state index is 12.3. The Kier molecular flexibility index (Phi) is 6.11. The molecule has 0 bridgehead atoms.